The predicted octanol–water partition coefficient (Wildman–Crippen LogP) is 2.53. The minimum Gasteiger partial charge on any atom is -0.391 e. The molecule has 1 aromatic rings. The lowest BCUT2D eigenvalue weighted by molar-refractivity contribution is 0.0958. The van der Waals surface area contributed by atoms with Crippen LogP contribution in [0.15, 0.2) is 24.3 Å². The standard InChI is InChI=1S/C14H19NOS/c16-14(11-7-8-17-9-11)13-6-5-10-3-1-2-4-12(10)15-13/h1-4,11,13-16H,5-9H2. The molecule has 3 heteroatoms. The maximum absolute atomic E-state index is 10.4. The lowest BCUT2D eigenvalue weighted by Crippen LogP contribution is -2.41. The summed E-state index contributed by atoms with van der Waals surface area (Å²) in [7, 11) is 0. The van der Waals surface area contributed by atoms with Gasteiger partial charge in [0.05, 0.1) is 12.1 Å². The van der Waals surface area contributed by atoms with Gasteiger partial charge in [0.1, 0.15) is 0 Å². The highest BCUT2D eigenvalue weighted by Crippen LogP contribution is 2.32. The number of aliphatic hydroxyl groups is 1. The minimum atomic E-state index is -0.182. The van der Waals surface area contributed by atoms with E-state index in [-0.39, 0.29) is 12.1 Å². The third-order valence-electron chi connectivity index (χ3n) is 3.94. The van der Waals surface area contributed by atoms with Crippen molar-refractivity contribution >= 4 is 17.4 Å². The molecular weight excluding hydrogens is 230 g/mol. The van der Waals surface area contributed by atoms with Crippen LogP contribution in [-0.4, -0.2) is 28.8 Å². The zero-order chi connectivity index (χ0) is 11.7. The average Bonchev–Trinajstić information content (AvgIpc) is 2.91. The van der Waals surface area contributed by atoms with Gasteiger partial charge >= 0.3 is 0 Å². The molecule has 2 nitrogen and oxygen atoms in total. The number of benzene rings is 1. The summed E-state index contributed by atoms with van der Waals surface area (Å²) >= 11 is 1.97. The summed E-state index contributed by atoms with van der Waals surface area (Å²) in [6.07, 6.45) is 3.13. The third kappa shape index (κ3) is 2.31. The summed E-state index contributed by atoms with van der Waals surface area (Å²) in [5.41, 5.74) is 2.60. The van der Waals surface area contributed by atoms with E-state index in [1.165, 1.54) is 23.4 Å². The number of aryl methyl sites for hydroxylation is 1. The van der Waals surface area contributed by atoms with Gasteiger partial charge in [0.15, 0.2) is 0 Å². The van der Waals surface area contributed by atoms with Crippen molar-refractivity contribution in [3.05, 3.63) is 29.8 Å². The van der Waals surface area contributed by atoms with Gasteiger partial charge in [-0.2, -0.15) is 11.8 Å². The van der Waals surface area contributed by atoms with Crippen LogP contribution in [-0.2, 0) is 6.42 Å². The Morgan fingerprint density at radius 3 is 3.00 bits per heavy atom. The summed E-state index contributed by atoms with van der Waals surface area (Å²) in [4.78, 5) is 0. The molecule has 0 spiro atoms. The van der Waals surface area contributed by atoms with Crippen LogP contribution >= 0.6 is 11.8 Å². The Hall–Kier alpha value is -0.670. The van der Waals surface area contributed by atoms with Gasteiger partial charge in [-0.3, -0.25) is 0 Å². The number of aliphatic hydroxyl groups excluding tert-OH is 1. The number of fused-ring (bicyclic) bond motifs is 1. The highest BCUT2D eigenvalue weighted by molar-refractivity contribution is 7.99. The molecule has 2 N–H and O–H groups in total. The van der Waals surface area contributed by atoms with Crippen molar-refractivity contribution in [3.8, 4) is 0 Å². The van der Waals surface area contributed by atoms with Crippen LogP contribution in [0.5, 0.6) is 0 Å². The summed E-state index contributed by atoms with van der Waals surface area (Å²) in [5, 5.41) is 13.9. The maximum atomic E-state index is 10.4. The van der Waals surface area contributed by atoms with Crippen molar-refractivity contribution in [2.75, 3.05) is 16.8 Å². The first-order valence-corrected chi connectivity index (χ1v) is 7.60. The van der Waals surface area contributed by atoms with Crippen LogP contribution in [0.1, 0.15) is 18.4 Å². The van der Waals surface area contributed by atoms with E-state index in [1.54, 1.807) is 0 Å². The highest BCUT2D eigenvalue weighted by atomic mass is 32.2. The van der Waals surface area contributed by atoms with Crippen LogP contribution in [0.4, 0.5) is 5.69 Å². The Morgan fingerprint density at radius 1 is 1.29 bits per heavy atom. The Bertz CT molecular complexity index is 390. The van der Waals surface area contributed by atoms with Crippen LogP contribution < -0.4 is 5.32 Å². The number of anilines is 1. The normalized spacial score (nSPS) is 29.5. The fraction of sp³-hybridized carbons (Fsp3) is 0.571. The number of hydrogen-bond donors (Lipinski definition) is 2. The molecule has 3 unspecified atom stereocenters. The molecule has 0 amide bonds. The fourth-order valence-electron chi connectivity index (χ4n) is 2.87. The number of nitrogens with one attached hydrogen (secondary N) is 1. The smallest absolute Gasteiger partial charge is 0.0777 e. The lowest BCUT2D eigenvalue weighted by atomic mass is 9.88. The van der Waals surface area contributed by atoms with Crippen LogP contribution in [0.25, 0.3) is 0 Å². The van der Waals surface area contributed by atoms with Crippen molar-refractivity contribution in [1.82, 2.24) is 0 Å². The highest BCUT2D eigenvalue weighted by Gasteiger charge is 2.32. The van der Waals surface area contributed by atoms with Gasteiger partial charge in [0.2, 0.25) is 0 Å². The molecule has 92 valence electrons. The second kappa shape index (κ2) is 4.91. The Labute approximate surface area is 107 Å². The predicted molar refractivity (Wildman–Crippen MR) is 73.6 cm³/mol. The molecule has 2 aliphatic rings. The Morgan fingerprint density at radius 2 is 2.18 bits per heavy atom. The fourth-order valence-corrected chi connectivity index (χ4v) is 4.17. The van der Waals surface area contributed by atoms with Gasteiger partial charge < -0.3 is 10.4 Å². The first-order valence-electron chi connectivity index (χ1n) is 6.45. The maximum Gasteiger partial charge on any atom is 0.0777 e. The van der Waals surface area contributed by atoms with Crippen molar-refractivity contribution in [3.63, 3.8) is 0 Å². The number of para-hydroxylation sites is 1. The summed E-state index contributed by atoms with van der Waals surface area (Å²) in [5.74, 6) is 2.83. The molecule has 0 aromatic heterocycles. The van der Waals surface area contributed by atoms with Crippen LogP contribution in [0.2, 0.25) is 0 Å². The molecule has 17 heavy (non-hydrogen) atoms. The van der Waals surface area contributed by atoms with Gasteiger partial charge in [-0.05, 0) is 48.3 Å². The molecule has 3 atom stereocenters. The van der Waals surface area contributed by atoms with E-state index >= 15 is 0 Å². The van der Waals surface area contributed by atoms with Crippen molar-refractivity contribution in [2.24, 2.45) is 5.92 Å². The molecule has 1 fully saturated rings. The molecule has 0 aliphatic carbocycles. The molecule has 1 aromatic carbocycles. The number of hydrogen-bond acceptors (Lipinski definition) is 3. The summed E-state index contributed by atoms with van der Waals surface area (Å²) < 4.78 is 0. The largest absolute Gasteiger partial charge is 0.391 e. The van der Waals surface area contributed by atoms with E-state index in [0.717, 1.165) is 18.6 Å². The van der Waals surface area contributed by atoms with Crippen molar-refractivity contribution in [2.45, 2.75) is 31.4 Å². The molecule has 1 saturated heterocycles. The average molecular weight is 249 g/mol. The molecule has 3 rings (SSSR count). The van der Waals surface area contributed by atoms with E-state index < -0.39 is 0 Å². The zero-order valence-electron chi connectivity index (χ0n) is 9.93. The first kappa shape index (κ1) is 11.4. The van der Waals surface area contributed by atoms with Gasteiger partial charge in [0.25, 0.3) is 0 Å². The van der Waals surface area contributed by atoms with Crippen molar-refractivity contribution < 1.29 is 5.11 Å². The lowest BCUT2D eigenvalue weighted by Gasteiger charge is -2.33. The van der Waals surface area contributed by atoms with E-state index in [0.29, 0.717) is 5.92 Å². The Balaban J connectivity index is 1.70. The van der Waals surface area contributed by atoms with Crippen molar-refractivity contribution in [1.29, 1.82) is 0 Å². The second-order valence-corrected chi connectivity index (χ2v) is 6.21. The topological polar surface area (TPSA) is 32.3 Å². The SMILES string of the molecule is OC(C1CCSC1)C1CCc2ccccc2N1. The molecule has 2 aliphatic heterocycles. The van der Waals surface area contributed by atoms with E-state index in [9.17, 15) is 5.11 Å². The van der Waals surface area contributed by atoms with Gasteiger partial charge in [-0.25, -0.2) is 0 Å². The molecule has 0 saturated carbocycles. The summed E-state index contributed by atoms with van der Waals surface area (Å²) in [6.45, 7) is 0. The van der Waals surface area contributed by atoms with Gasteiger partial charge in [0, 0.05) is 5.69 Å². The van der Waals surface area contributed by atoms with Crippen LogP contribution in [0, 0.1) is 5.92 Å². The first-order chi connectivity index (χ1) is 8.34. The molecule has 0 radical (unpaired) electrons. The zero-order valence-corrected chi connectivity index (χ0v) is 10.7. The number of rotatable bonds is 2. The third-order valence-corrected chi connectivity index (χ3v) is 5.13. The van der Waals surface area contributed by atoms with E-state index in [2.05, 4.69) is 29.6 Å². The van der Waals surface area contributed by atoms with Gasteiger partial charge in [-0.1, -0.05) is 18.2 Å². The Kier molecular flexibility index (Phi) is 3.30. The molecule has 2 heterocycles. The van der Waals surface area contributed by atoms with E-state index in [4.69, 9.17) is 0 Å². The molecular formula is C14H19NOS. The minimum absolute atomic E-state index is 0.182. The van der Waals surface area contributed by atoms with Gasteiger partial charge in [-0.15, -0.1) is 0 Å². The summed E-state index contributed by atoms with van der Waals surface area (Å²) in [6, 6.07) is 8.69. The van der Waals surface area contributed by atoms with Crippen LogP contribution in [0.3, 0.4) is 0 Å². The monoisotopic (exact) mass is 249 g/mol. The second-order valence-electron chi connectivity index (χ2n) is 5.06. The van der Waals surface area contributed by atoms with E-state index in [1.807, 2.05) is 11.8 Å². The number of thioether (sulfide) groups is 1. The molecule has 0 bridgehead atoms. The quantitative estimate of drug-likeness (QED) is 0.845.